The molecular weight excluding hydrogens is 600 g/mol. The number of hydrogen-bond acceptors (Lipinski definition) is 6. The predicted octanol–water partition coefficient (Wildman–Crippen LogP) is 7.58. The molecule has 0 heterocycles. The van der Waals surface area contributed by atoms with Crippen LogP contribution in [-0.4, -0.2) is 42.1 Å². The maximum absolute atomic E-state index is 11.5. The van der Waals surface area contributed by atoms with Gasteiger partial charge in [-0.05, 0) is 57.1 Å². The van der Waals surface area contributed by atoms with Gasteiger partial charge in [-0.25, -0.2) is 0 Å². The van der Waals surface area contributed by atoms with E-state index in [-0.39, 0.29) is 29.3 Å². The Kier molecular flexibility index (Phi) is 13.2. The molecule has 2 unspecified atom stereocenters. The molecule has 0 bridgehead atoms. The van der Waals surface area contributed by atoms with Gasteiger partial charge in [-0.3, -0.25) is 19.2 Å². The van der Waals surface area contributed by atoms with Gasteiger partial charge in [-0.2, -0.15) is 0 Å². The van der Waals surface area contributed by atoms with Crippen molar-refractivity contribution < 1.29 is 29.1 Å². The number of benzene rings is 4. The highest BCUT2D eigenvalue weighted by Gasteiger charge is 2.18. The van der Waals surface area contributed by atoms with Crippen LogP contribution in [0.3, 0.4) is 0 Å². The molecule has 0 aliphatic carbocycles. The van der Waals surface area contributed by atoms with Crippen molar-refractivity contribution in [2.45, 2.75) is 77.0 Å². The molecule has 2 atom stereocenters. The average molecular weight is 647 g/mol. The number of hydrogen-bond donors (Lipinski definition) is 1. The number of ketones is 2. The van der Waals surface area contributed by atoms with Gasteiger partial charge in [0.15, 0.2) is 12.6 Å². The number of carbonyl (C=O) groups excluding carboxylic acids is 5. The van der Waals surface area contributed by atoms with Crippen LogP contribution in [0.1, 0.15) is 107 Å². The maximum Gasteiger partial charge on any atom is 0.225 e. The first-order valence-electron chi connectivity index (χ1n) is 16.1. The van der Waals surface area contributed by atoms with Crippen molar-refractivity contribution in [1.82, 2.24) is 0 Å². The van der Waals surface area contributed by atoms with E-state index in [4.69, 9.17) is 0 Å². The third-order valence-electron chi connectivity index (χ3n) is 8.47. The van der Waals surface area contributed by atoms with E-state index in [0.29, 0.717) is 36.5 Å². The van der Waals surface area contributed by atoms with Gasteiger partial charge in [-0.1, -0.05) is 139 Å². The number of Topliss-reactive ketones (excluding diaryl/α,β-unsaturated/α-hetero) is 2. The van der Waals surface area contributed by atoms with E-state index in [9.17, 15) is 29.1 Å². The smallest absolute Gasteiger partial charge is 0.225 e. The predicted molar refractivity (Wildman–Crippen MR) is 190 cm³/mol. The molecule has 0 saturated heterocycles. The standard InChI is InChI=1S/C21H24O3.C21H22O3/c2*1-21(2,3)19-10-8-16(9-11-19)18(13-22)12-15-4-6-17(7-5-15)20(24)14-23/h4-11,14,18,22H,12-13H2,1-3H3;4-11,13-14,18H,12H2,1-3H3. The molecule has 4 rings (SSSR count). The summed E-state index contributed by atoms with van der Waals surface area (Å²) in [6.45, 7) is 13.0. The zero-order valence-electron chi connectivity index (χ0n) is 28.7. The van der Waals surface area contributed by atoms with Crippen molar-refractivity contribution in [3.63, 3.8) is 0 Å². The van der Waals surface area contributed by atoms with Gasteiger partial charge in [0.05, 0.1) is 6.61 Å². The van der Waals surface area contributed by atoms with E-state index < -0.39 is 11.6 Å². The number of aliphatic hydroxyl groups excluding tert-OH is 1. The van der Waals surface area contributed by atoms with Crippen molar-refractivity contribution in [2.24, 2.45) is 0 Å². The zero-order chi connectivity index (χ0) is 35.5. The fourth-order valence-corrected chi connectivity index (χ4v) is 5.30. The van der Waals surface area contributed by atoms with Gasteiger partial charge in [0.1, 0.15) is 6.29 Å². The number of rotatable bonds is 12. The largest absolute Gasteiger partial charge is 0.396 e. The summed E-state index contributed by atoms with van der Waals surface area (Å²) in [4.78, 5) is 55.2. The highest BCUT2D eigenvalue weighted by Crippen LogP contribution is 2.27. The van der Waals surface area contributed by atoms with Crippen LogP contribution in [0.25, 0.3) is 0 Å². The lowest BCUT2D eigenvalue weighted by Crippen LogP contribution is -2.12. The van der Waals surface area contributed by atoms with Crippen LogP contribution in [0.15, 0.2) is 97.1 Å². The van der Waals surface area contributed by atoms with Gasteiger partial charge < -0.3 is 9.90 Å². The van der Waals surface area contributed by atoms with E-state index in [1.165, 1.54) is 11.1 Å². The molecule has 0 aliphatic heterocycles. The van der Waals surface area contributed by atoms with Crippen molar-refractivity contribution in [2.75, 3.05) is 6.61 Å². The number of carbonyl (C=O) groups is 5. The van der Waals surface area contributed by atoms with Crippen LogP contribution in [0.4, 0.5) is 0 Å². The Balaban J connectivity index is 0.000000260. The van der Waals surface area contributed by atoms with Crippen molar-refractivity contribution in [3.05, 3.63) is 142 Å². The van der Waals surface area contributed by atoms with E-state index in [1.807, 2.05) is 24.3 Å². The van der Waals surface area contributed by atoms with Crippen LogP contribution >= 0.6 is 0 Å². The Hall–Kier alpha value is -4.81. The van der Waals surface area contributed by atoms with Crippen molar-refractivity contribution in [3.8, 4) is 0 Å². The first-order chi connectivity index (χ1) is 22.7. The Morgan fingerprint density at radius 2 is 0.938 bits per heavy atom. The van der Waals surface area contributed by atoms with E-state index in [2.05, 4.69) is 77.9 Å². The molecule has 0 spiro atoms. The molecule has 0 amide bonds. The minimum atomic E-state index is -0.536. The second-order valence-electron chi connectivity index (χ2n) is 14.1. The van der Waals surface area contributed by atoms with E-state index in [0.717, 1.165) is 28.5 Å². The van der Waals surface area contributed by atoms with Crippen molar-refractivity contribution in [1.29, 1.82) is 0 Å². The third kappa shape index (κ3) is 10.6. The van der Waals surface area contributed by atoms with Crippen LogP contribution in [0, 0.1) is 0 Å². The van der Waals surface area contributed by atoms with Crippen LogP contribution in [0.2, 0.25) is 0 Å². The molecule has 0 aromatic heterocycles. The molecule has 6 nitrogen and oxygen atoms in total. The summed E-state index contributed by atoms with van der Waals surface area (Å²) in [6, 6.07) is 30.3. The lowest BCUT2D eigenvalue weighted by Gasteiger charge is -2.21. The molecule has 0 fully saturated rings. The lowest BCUT2D eigenvalue weighted by atomic mass is 9.85. The third-order valence-corrected chi connectivity index (χ3v) is 8.47. The summed E-state index contributed by atoms with van der Waals surface area (Å²) in [5.74, 6) is -1.28. The highest BCUT2D eigenvalue weighted by atomic mass is 16.3. The summed E-state index contributed by atoms with van der Waals surface area (Å²) in [5, 5.41) is 9.75. The van der Waals surface area contributed by atoms with Crippen LogP contribution < -0.4 is 0 Å². The molecule has 0 aliphatic rings. The second kappa shape index (κ2) is 16.8. The average Bonchev–Trinajstić information content (AvgIpc) is 3.09. The Bertz CT molecular complexity index is 1670. The topological polar surface area (TPSA) is 106 Å². The van der Waals surface area contributed by atoms with Gasteiger partial charge in [0.25, 0.3) is 0 Å². The van der Waals surface area contributed by atoms with Crippen LogP contribution in [0.5, 0.6) is 0 Å². The summed E-state index contributed by atoms with van der Waals surface area (Å²) < 4.78 is 0. The van der Waals surface area contributed by atoms with Gasteiger partial charge in [0.2, 0.25) is 11.6 Å². The monoisotopic (exact) mass is 646 g/mol. The van der Waals surface area contributed by atoms with E-state index in [1.54, 1.807) is 36.4 Å². The minimum Gasteiger partial charge on any atom is -0.396 e. The SMILES string of the molecule is CC(C)(C)c1ccc(C(C=O)Cc2ccc(C(=O)C=O)cc2)cc1.CC(C)(C)c1ccc(C(CO)Cc2ccc(C(=O)C=O)cc2)cc1. The van der Waals surface area contributed by atoms with Crippen LogP contribution in [-0.2, 0) is 38.1 Å². The Labute approximate surface area is 284 Å². The molecule has 4 aromatic carbocycles. The molecule has 6 heteroatoms. The summed E-state index contributed by atoms with van der Waals surface area (Å²) in [7, 11) is 0. The maximum atomic E-state index is 11.5. The minimum absolute atomic E-state index is 0.00615. The first-order valence-corrected chi connectivity index (χ1v) is 16.1. The molecular formula is C42H46O6. The normalized spacial score (nSPS) is 12.6. The molecule has 48 heavy (non-hydrogen) atoms. The molecule has 1 N–H and O–H groups in total. The summed E-state index contributed by atoms with van der Waals surface area (Å²) in [5.41, 5.74) is 7.49. The highest BCUT2D eigenvalue weighted by molar-refractivity contribution is 6.33. The quantitative estimate of drug-likeness (QED) is 0.0967. The molecule has 0 saturated carbocycles. The first kappa shape index (κ1) is 37.6. The molecule has 0 radical (unpaired) electrons. The summed E-state index contributed by atoms with van der Waals surface area (Å²) in [6.07, 6.45) is 2.83. The lowest BCUT2D eigenvalue weighted by molar-refractivity contribution is -0.109. The molecule has 250 valence electrons. The Morgan fingerprint density at radius 1 is 0.562 bits per heavy atom. The van der Waals surface area contributed by atoms with Gasteiger partial charge in [-0.15, -0.1) is 0 Å². The zero-order valence-corrected chi connectivity index (χ0v) is 28.7. The fourth-order valence-electron chi connectivity index (χ4n) is 5.30. The molecule has 4 aromatic rings. The number of aliphatic hydroxyl groups is 1. The number of aldehydes is 3. The van der Waals surface area contributed by atoms with E-state index >= 15 is 0 Å². The van der Waals surface area contributed by atoms with Gasteiger partial charge in [0, 0.05) is 23.0 Å². The van der Waals surface area contributed by atoms with Gasteiger partial charge >= 0.3 is 0 Å². The Morgan fingerprint density at radius 3 is 1.27 bits per heavy atom. The van der Waals surface area contributed by atoms with Crippen molar-refractivity contribution >= 4 is 30.4 Å². The fraction of sp³-hybridized carbons (Fsp3) is 0.310. The second-order valence-corrected chi connectivity index (χ2v) is 14.1. The summed E-state index contributed by atoms with van der Waals surface area (Å²) >= 11 is 0.